The first-order valence-electron chi connectivity index (χ1n) is 9.38. The van der Waals surface area contributed by atoms with Gasteiger partial charge in [-0.25, -0.2) is 4.79 Å². The second kappa shape index (κ2) is 7.95. The number of benzene rings is 1. The summed E-state index contributed by atoms with van der Waals surface area (Å²) in [5, 5.41) is 4.84. The molecule has 8 heteroatoms. The first-order chi connectivity index (χ1) is 13.7. The van der Waals surface area contributed by atoms with Gasteiger partial charge in [-0.1, -0.05) is 17.9 Å². The third kappa shape index (κ3) is 4.74. The zero-order chi connectivity index (χ0) is 21.2. The Balaban J connectivity index is 1.69. The topological polar surface area (TPSA) is 105 Å². The predicted octanol–water partition coefficient (Wildman–Crippen LogP) is 1.32. The first-order valence-corrected chi connectivity index (χ1v) is 9.38. The van der Waals surface area contributed by atoms with E-state index in [2.05, 4.69) is 22.5 Å². The molecular weight excluding hydrogens is 374 g/mol. The van der Waals surface area contributed by atoms with Crippen LogP contribution < -0.4 is 10.6 Å². The third-order valence-electron chi connectivity index (χ3n) is 4.53. The van der Waals surface area contributed by atoms with Gasteiger partial charge in [0.05, 0.1) is 6.54 Å². The van der Waals surface area contributed by atoms with Gasteiger partial charge in [0.1, 0.15) is 11.6 Å². The SMILES string of the molecule is CC(C)(C)OC(=O)NCC#Cc1cccc2c1CN(C1CCC(=O)NC1=O)C2=O. The highest BCUT2D eigenvalue weighted by Crippen LogP contribution is 2.29. The minimum atomic E-state index is -0.665. The highest BCUT2D eigenvalue weighted by Gasteiger charge is 2.39. The molecule has 0 aromatic heterocycles. The Labute approximate surface area is 169 Å². The maximum Gasteiger partial charge on any atom is 0.408 e. The molecule has 0 radical (unpaired) electrons. The van der Waals surface area contributed by atoms with Crippen LogP contribution in [0.5, 0.6) is 0 Å². The number of hydrogen-bond donors (Lipinski definition) is 2. The van der Waals surface area contributed by atoms with Gasteiger partial charge in [0.25, 0.3) is 5.91 Å². The molecule has 1 saturated heterocycles. The number of ether oxygens (including phenoxy) is 1. The quantitative estimate of drug-likeness (QED) is 0.579. The lowest BCUT2D eigenvalue weighted by Gasteiger charge is -2.29. The van der Waals surface area contributed by atoms with Crippen LogP contribution >= 0.6 is 0 Å². The fourth-order valence-electron chi connectivity index (χ4n) is 3.27. The molecule has 1 unspecified atom stereocenters. The van der Waals surface area contributed by atoms with Gasteiger partial charge in [0, 0.05) is 24.1 Å². The van der Waals surface area contributed by atoms with E-state index in [1.54, 1.807) is 39.0 Å². The number of imide groups is 1. The first kappa shape index (κ1) is 20.4. The number of nitrogens with zero attached hydrogens (tertiary/aromatic N) is 1. The highest BCUT2D eigenvalue weighted by molar-refractivity contribution is 6.05. The zero-order valence-electron chi connectivity index (χ0n) is 16.6. The summed E-state index contributed by atoms with van der Waals surface area (Å²) < 4.78 is 5.15. The van der Waals surface area contributed by atoms with Crippen LogP contribution in [0, 0.1) is 11.8 Å². The Bertz CT molecular complexity index is 936. The summed E-state index contributed by atoms with van der Waals surface area (Å²) in [7, 11) is 0. The minimum Gasteiger partial charge on any atom is -0.444 e. The lowest BCUT2D eigenvalue weighted by molar-refractivity contribution is -0.136. The van der Waals surface area contributed by atoms with E-state index >= 15 is 0 Å². The molecule has 3 rings (SSSR count). The molecule has 0 aliphatic carbocycles. The molecule has 29 heavy (non-hydrogen) atoms. The Morgan fingerprint density at radius 3 is 2.76 bits per heavy atom. The smallest absolute Gasteiger partial charge is 0.408 e. The molecule has 152 valence electrons. The lowest BCUT2D eigenvalue weighted by Crippen LogP contribution is -2.52. The number of fused-ring (bicyclic) bond motifs is 1. The molecule has 2 N–H and O–H groups in total. The fourth-order valence-corrected chi connectivity index (χ4v) is 3.27. The van der Waals surface area contributed by atoms with Gasteiger partial charge in [-0.15, -0.1) is 0 Å². The number of rotatable bonds is 2. The van der Waals surface area contributed by atoms with Gasteiger partial charge >= 0.3 is 6.09 Å². The van der Waals surface area contributed by atoms with Gasteiger partial charge in [0.2, 0.25) is 11.8 Å². The Kier molecular flexibility index (Phi) is 5.59. The van der Waals surface area contributed by atoms with Crippen LogP contribution in [-0.4, -0.2) is 46.9 Å². The number of carbonyl (C=O) groups excluding carboxylic acids is 4. The van der Waals surface area contributed by atoms with Crippen LogP contribution in [0.1, 0.15) is 55.1 Å². The molecule has 1 aromatic rings. The van der Waals surface area contributed by atoms with Crippen molar-refractivity contribution in [1.82, 2.24) is 15.5 Å². The van der Waals surface area contributed by atoms with E-state index in [1.165, 1.54) is 4.90 Å². The summed E-state index contributed by atoms with van der Waals surface area (Å²) in [5.74, 6) is 4.81. The molecule has 0 spiro atoms. The third-order valence-corrected chi connectivity index (χ3v) is 4.53. The molecule has 0 bridgehead atoms. The highest BCUT2D eigenvalue weighted by atomic mass is 16.6. The summed E-state index contributed by atoms with van der Waals surface area (Å²) in [4.78, 5) is 49.4. The Morgan fingerprint density at radius 1 is 1.31 bits per heavy atom. The standard InChI is InChI=1S/C21H23N3O5/c1-21(2,3)29-20(28)22-11-5-7-13-6-4-8-14-15(13)12-24(19(14)27)16-9-10-17(25)23-18(16)26/h4,6,8,16H,9-12H2,1-3H3,(H,22,28)(H,23,25,26). The summed E-state index contributed by atoms with van der Waals surface area (Å²) in [6.07, 6.45) is -0.0330. The molecule has 0 saturated carbocycles. The van der Waals surface area contributed by atoms with Crippen molar-refractivity contribution in [2.75, 3.05) is 6.54 Å². The Hall–Kier alpha value is -3.34. The summed E-state index contributed by atoms with van der Waals surface area (Å²) in [6.45, 7) is 5.68. The monoisotopic (exact) mass is 397 g/mol. The molecule has 2 aliphatic rings. The van der Waals surface area contributed by atoms with E-state index in [0.717, 1.165) is 5.56 Å². The maximum atomic E-state index is 12.8. The van der Waals surface area contributed by atoms with Crippen molar-refractivity contribution in [1.29, 1.82) is 0 Å². The number of carbonyl (C=O) groups is 4. The van der Waals surface area contributed by atoms with Gasteiger partial charge in [-0.2, -0.15) is 0 Å². The molecule has 8 nitrogen and oxygen atoms in total. The predicted molar refractivity (Wildman–Crippen MR) is 104 cm³/mol. The molecule has 2 aliphatic heterocycles. The van der Waals surface area contributed by atoms with E-state index in [-0.39, 0.29) is 31.3 Å². The van der Waals surface area contributed by atoms with E-state index in [9.17, 15) is 19.2 Å². The van der Waals surface area contributed by atoms with Crippen molar-refractivity contribution in [3.8, 4) is 11.8 Å². The molecule has 2 heterocycles. The van der Waals surface area contributed by atoms with Crippen LogP contribution in [0.4, 0.5) is 4.79 Å². The molecular formula is C21H23N3O5. The maximum absolute atomic E-state index is 12.8. The largest absolute Gasteiger partial charge is 0.444 e. The van der Waals surface area contributed by atoms with Crippen LogP contribution in [0.15, 0.2) is 18.2 Å². The average Bonchev–Trinajstić information content (AvgIpc) is 2.95. The van der Waals surface area contributed by atoms with Crippen molar-refractivity contribution in [3.63, 3.8) is 0 Å². The number of hydrogen-bond acceptors (Lipinski definition) is 5. The summed E-state index contributed by atoms with van der Waals surface area (Å²) in [5.41, 5.74) is 1.32. The summed E-state index contributed by atoms with van der Waals surface area (Å²) in [6, 6.07) is 4.56. The van der Waals surface area contributed by atoms with Gasteiger partial charge < -0.3 is 15.0 Å². The van der Waals surface area contributed by atoms with Crippen molar-refractivity contribution in [3.05, 3.63) is 34.9 Å². The van der Waals surface area contributed by atoms with Crippen LogP contribution in [0.2, 0.25) is 0 Å². The van der Waals surface area contributed by atoms with Crippen molar-refractivity contribution in [2.45, 2.75) is 51.8 Å². The second-order valence-corrected chi connectivity index (χ2v) is 7.89. The number of nitrogens with one attached hydrogen (secondary N) is 2. The van der Waals surface area contributed by atoms with E-state index in [4.69, 9.17) is 4.74 Å². The number of amides is 4. The van der Waals surface area contributed by atoms with Crippen molar-refractivity contribution >= 4 is 23.8 Å². The van der Waals surface area contributed by atoms with E-state index < -0.39 is 23.6 Å². The van der Waals surface area contributed by atoms with Gasteiger partial charge in [0.15, 0.2) is 0 Å². The van der Waals surface area contributed by atoms with E-state index in [1.807, 2.05) is 0 Å². The molecule has 1 atom stereocenters. The fraction of sp³-hybridized carbons (Fsp3) is 0.429. The summed E-state index contributed by atoms with van der Waals surface area (Å²) >= 11 is 0. The van der Waals surface area contributed by atoms with Crippen LogP contribution in [0.25, 0.3) is 0 Å². The molecule has 1 fully saturated rings. The van der Waals surface area contributed by atoms with E-state index in [0.29, 0.717) is 17.5 Å². The van der Waals surface area contributed by atoms with Crippen LogP contribution in [0.3, 0.4) is 0 Å². The van der Waals surface area contributed by atoms with Gasteiger partial charge in [-0.05, 0) is 44.9 Å². The number of piperidine rings is 1. The average molecular weight is 397 g/mol. The number of alkyl carbamates (subject to hydrolysis) is 1. The van der Waals surface area contributed by atoms with Crippen molar-refractivity contribution in [2.24, 2.45) is 0 Å². The van der Waals surface area contributed by atoms with Crippen molar-refractivity contribution < 1.29 is 23.9 Å². The minimum absolute atomic E-state index is 0.101. The van der Waals surface area contributed by atoms with Gasteiger partial charge in [-0.3, -0.25) is 19.7 Å². The van der Waals surface area contributed by atoms with Crippen LogP contribution in [-0.2, 0) is 20.9 Å². The molecule has 4 amide bonds. The zero-order valence-corrected chi connectivity index (χ0v) is 16.6. The second-order valence-electron chi connectivity index (χ2n) is 7.89. The lowest BCUT2D eigenvalue weighted by atomic mass is 10.0. The molecule has 1 aromatic carbocycles. The normalized spacial score (nSPS) is 18.5. The Morgan fingerprint density at radius 2 is 2.07 bits per heavy atom.